The van der Waals surface area contributed by atoms with Crippen molar-refractivity contribution in [2.45, 2.75) is 30.8 Å². The van der Waals surface area contributed by atoms with E-state index in [1.807, 2.05) is 6.92 Å². The monoisotopic (exact) mass is 332 g/mol. The van der Waals surface area contributed by atoms with Crippen molar-refractivity contribution in [2.75, 3.05) is 5.73 Å². The van der Waals surface area contributed by atoms with Crippen LogP contribution in [0.5, 0.6) is 0 Å². The predicted octanol–water partition coefficient (Wildman–Crippen LogP) is 2.56. The second-order valence-corrected chi connectivity index (χ2v) is 6.67. The molecule has 3 aromatic rings. The highest BCUT2D eigenvalue weighted by Crippen LogP contribution is 2.21. The molecule has 114 valence electrons. The third-order valence-corrected chi connectivity index (χ3v) is 5.02. The van der Waals surface area contributed by atoms with Crippen LogP contribution >= 0.6 is 23.1 Å². The highest BCUT2D eigenvalue weighted by atomic mass is 32.2. The van der Waals surface area contributed by atoms with E-state index >= 15 is 0 Å². The molecule has 0 saturated carbocycles. The fourth-order valence-electron chi connectivity index (χ4n) is 2.02. The number of nitrogen functional groups attached to an aromatic ring is 1. The van der Waals surface area contributed by atoms with Gasteiger partial charge in [-0.05, 0) is 30.9 Å². The number of hydrogen-bond donors (Lipinski definition) is 1. The molecule has 6 nitrogen and oxygen atoms in total. The number of thiophene rings is 1. The van der Waals surface area contributed by atoms with Crippen LogP contribution in [0.3, 0.4) is 0 Å². The summed E-state index contributed by atoms with van der Waals surface area (Å²) >= 11 is 3.35. The number of thioether (sulfide) groups is 1. The molecule has 0 spiro atoms. The first-order valence-corrected chi connectivity index (χ1v) is 8.71. The Balaban J connectivity index is 1.66. The highest BCUT2D eigenvalue weighted by molar-refractivity contribution is 7.98. The number of rotatable bonds is 6. The van der Waals surface area contributed by atoms with Crippen LogP contribution in [0.4, 0.5) is 5.82 Å². The Kier molecular flexibility index (Phi) is 4.69. The van der Waals surface area contributed by atoms with Gasteiger partial charge in [-0.2, -0.15) is 0 Å². The Morgan fingerprint density at radius 1 is 1.32 bits per heavy atom. The lowest BCUT2D eigenvalue weighted by Gasteiger charge is -2.07. The molecule has 0 aliphatic carbocycles. The lowest BCUT2D eigenvalue weighted by molar-refractivity contribution is 0.621. The molecular weight excluding hydrogens is 316 g/mol. The predicted molar refractivity (Wildman–Crippen MR) is 88.8 cm³/mol. The minimum Gasteiger partial charge on any atom is -0.384 e. The topological polar surface area (TPSA) is 82.5 Å². The third kappa shape index (κ3) is 3.63. The van der Waals surface area contributed by atoms with Crippen LogP contribution in [0, 0.1) is 6.92 Å². The van der Waals surface area contributed by atoms with Gasteiger partial charge in [0.25, 0.3) is 0 Å². The van der Waals surface area contributed by atoms with E-state index in [4.69, 9.17) is 5.73 Å². The normalized spacial score (nSPS) is 11.0. The molecule has 2 N–H and O–H groups in total. The molecular formula is C14H16N6S2. The molecule has 0 atom stereocenters. The van der Waals surface area contributed by atoms with Crippen molar-refractivity contribution in [2.24, 2.45) is 0 Å². The molecule has 0 fully saturated rings. The van der Waals surface area contributed by atoms with E-state index in [-0.39, 0.29) is 0 Å². The van der Waals surface area contributed by atoms with E-state index in [1.54, 1.807) is 35.4 Å². The molecule has 0 aliphatic rings. The van der Waals surface area contributed by atoms with Crippen LogP contribution in [0.25, 0.3) is 0 Å². The second-order valence-electron chi connectivity index (χ2n) is 4.70. The number of aromatic nitrogens is 5. The summed E-state index contributed by atoms with van der Waals surface area (Å²) in [5.74, 6) is 2.74. The minimum atomic E-state index is 0.487. The Morgan fingerprint density at radius 2 is 2.23 bits per heavy atom. The van der Waals surface area contributed by atoms with Gasteiger partial charge in [0.05, 0.1) is 5.75 Å². The zero-order valence-corrected chi connectivity index (χ0v) is 13.8. The van der Waals surface area contributed by atoms with Crippen LogP contribution in [-0.4, -0.2) is 24.7 Å². The van der Waals surface area contributed by atoms with Crippen LogP contribution in [0.2, 0.25) is 0 Å². The van der Waals surface area contributed by atoms with Crippen molar-refractivity contribution in [1.29, 1.82) is 0 Å². The fourth-order valence-corrected chi connectivity index (χ4v) is 3.59. The number of aryl methyl sites for hydroxylation is 2. The van der Waals surface area contributed by atoms with Crippen molar-refractivity contribution in [3.63, 3.8) is 0 Å². The van der Waals surface area contributed by atoms with E-state index in [9.17, 15) is 0 Å². The lowest BCUT2D eigenvalue weighted by atomic mass is 10.3. The van der Waals surface area contributed by atoms with Gasteiger partial charge in [-0.1, -0.05) is 17.8 Å². The Bertz CT molecular complexity index is 738. The van der Waals surface area contributed by atoms with Crippen molar-refractivity contribution >= 4 is 28.9 Å². The van der Waals surface area contributed by atoms with Gasteiger partial charge < -0.3 is 10.3 Å². The summed E-state index contributed by atoms with van der Waals surface area (Å²) in [5.41, 5.74) is 5.67. The zero-order valence-electron chi connectivity index (χ0n) is 12.1. The maximum absolute atomic E-state index is 5.67. The fraction of sp³-hybridized carbons (Fsp3) is 0.286. The van der Waals surface area contributed by atoms with E-state index < -0.39 is 0 Å². The molecule has 0 unspecified atom stereocenters. The van der Waals surface area contributed by atoms with Crippen LogP contribution in [0.1, 0.15) is 16.5 Å². The maximum Gasteiger partial charge on any atom is 0.191 e. The summed E-state index contributed by atoms with van der Waals surface area (Å²) in [6, 6.07) is 5.91. The summed E-state index contributed by atoms with van der Waals surface area (Å²) < 4.78 is 2.14. The smallest absolute Gasteiger partial charge is 0.191 e. The highest BCUT2D eigenvalue weighted by Gasteiger charge is 2.11. The van der Waals surface area contributed by atoms with Gasteiger partial charge in [0.1, 0.15) is 17.5 Å². The van der Waals surface area contributed by atoms with Crippen LogP contribution in [-0.2, 0) is 18.7 Å². The average molecular weight is 332 g/mol. The SMILES string of the molecule is Cc1nnc(SCc2nccc(N)n2)n1CCc1cccs1. The van der Waals surface area contributed by atoms with Crippen LogP contribution in [0.15, 0.2) is 34.9 Å². The van der Waals surface area contributed by atoms with E-state index in [1.165, 1.54) is 4.88 Å². The molecule has 8 heteroatoms. The van der Waals surface area contributed by atoms with Gasteiger partial charge in [-0.3, -0.25) is 0 Å². The molecule has 3 rings (SSSR count). The summed E-state index contributed by atoms with van der Waals surface area (Å²) in [4.78, 5) is 9.78. The number of nitrogens with zero attached hydrogens (tertiary/aromatic N) is 5. The van der Waals surface area contributed by atoms with Gasteiger partial charge in [0.2, 0.25) is 0 Å². The minimum absolute atomic E-state index is 0.487. The van der Waals surface area contributed by atoms with Crippen molar-refractivity contribution < 1.29 is 0 Å². The average Bonchev–Trinajstić information content (AvgIpc) is 3.13. The molecule has 22 heavy (non-hydrogen) atoms. The zero-order chi connectivity index (χ0) is 15.4. The van der Waals surface area contributed by atoms with E-state index in [0.717, 1.165) is 23.9 Å². The molecule has 3 heterocycles. The van der Waals surface area contributed by atoms with Crippen LogP contribution < -0.4 is 5.73 Å². The molecule has 3 aromatic heterocycles. The van der Waals surface area contributed by atoms with E-state index in [2.05, 4.69) is 42.2 Å². The molecule has 0 bridgehead atoms. The summed E-state index contributed by atoms with van der Waals surface area (Å²) in [6.07, 6.45) is 2.66. The number of anilines is 1. The summed E-state index contributed by atoms with van der Waals surface area (Å²) in [7, 11) is 0. The van der Waals surface area contributed by atoms with Crippen molar-refractivity contribution in [1.82, 2.24) is 24.7 Å². The van der Waals surface area contributed by atoms with Crippen molar-refractivity contribution in [3.05, 3.63) is 46.3 Å². The first-order chi connectivity index (χ1) is 10.7. The van der Waals surface area contributed by atoms with Gasteiger partial charge in [-0.25, -0.2) is 9.97 Å². The van der Waals surface area contributed by atoms with Gasteiger partial charge in [0.15, 0.2) is 5.16 Å². The molecule has 0 radical (unpaired) electrons. The second kappa shape index (κ2) is 6.89. The maximum atomic E-state index is 5.67. The van der Waals surface area contributed by atoms with E-state index in [0.29, 0.717) is 17.4 Å². The molecule has 0 aromatic carbocycles. The Morgan fingerprint density at radius 3 is 3.00 bits per heavy atom. The van der Waals surface area contributed by atoms with Gasteiger partial charge >= 0.3 is 0 Å². The van der Waals surface area contributed by atoms with Gasteiger partial charge in [0, 0.05) is 17.6 Å². The largest absolute Gasteiger partial charge is 0.384 e. The standard InChI is InChI=1S/C14H16N6S2/c1-10-18-19-14(20(10)7-5-11-3-2-8-21-11)22-9-13-16-6-4-12(15)17-13/h2-4,6,8H,5,7,9H2,1H3,(H2,15,16,17). The first kappa shape index (κ1) is 15.0. The van der Waals surface area contributed by atoms with Gasteiger partial charge in [-0.15, -0.1) is 21.5 Å². The number of hydrogen-bond acceptors (Lipinski definition) is 7. The molecule has 0 amide bonds. The third-order valence-electron chi connectivity index (χ3n) is 3.12. The quantitative estimate of drug-likeness (QED) is 0.699. The molecule has 0 aliphatic heterocycles. The summed E-state index contributed by atoms with van der Waals surface area (Å²) in [6.45, 7) is 2.85. The first-order valence-electron chi connectivity index (χ1n) is 6.85. The lowest BCUT2D eigenvalue weighted by Crippen LogP contribution is -2.05. The summed E-state index contributed by atoms with van der Waals surface area (Å²) in [5, 5.41) is 11.4. The number of nitrogens with two attached hydrogens (primary N) is 1. The Hall–Kier alpha value is -1.93. The Labute approximate surface area is 136 Å². The van der Waals surface area contributed by atoms with Crippen molar-refractivity contribution in [3.8, 4) is 0 Å². The molecule has 0 saturated heterocycles.